The normalized spacial score (nSPS) is 14.1. The molecule has 0 heterocycles. The van der Waals surface area contributed by atoms with E-state index in [4.69, 9.17) is 4.74 Å². The summed E-state index contributed by atoms with van der Waals surface area (Å²) in [7, 11) is 1.47. The molecule has 0 saturated heterocycles. The molecule has 0 unspecified atom stereocenters. The smallest absolute Gasteiger partial charge is 0.316 e. The van der Waals surface area contributed by atoms with E-state index in [2.05, 4.69) is 75.3 Å². The van der Waals surface area contributed by atoms with Gasteiger partial charge in [-0.3, -0.25) is 4.79 Å². The van der Waals surface area contributed by atoms with Crippen LogP contribution in [-0.2, 0) is 14.9 Å². The summed E-state index contributed by atoms with van der Waals surface area (Å²) < 4.78 is 4.94. The van der Waals surface area contributed by atoms with E-state index in [1.807, 2.05) is 0 Å². The summed E-state index contributed by atoms with van der Waals surface area (Å²) in [5, 5.41) is 0. The van der Waals surface area contributed by atoms with Gasteiger partial charge in [-0.25, -0.2) is 0 Å². The molecule has 1 saturated carbocycles. The molecule has 0 aromatic heterocycles. The molecule has 3 heteroatoms. The lowest BCUT2D eigenvalue weighted by Gasteiger charge is -2.13. The molecular weight excluding hydrogens is 295 g/mol. The molecular formula is C21H25BO2. The lowest BCUT2D eigenvalue weighted by atomic mass is 9.49. The maximum Gasteiger partial charge on any atom is 0.316 e. The van der Waals surface area contributed by atoms with Crippen molar-refractivity contribution in [3.63, 3.8) is 0 Å². The Morgan fingerprint density at radius 2 is 1.42 bits per heavy atom. The molecule has 1 aliphatic rings. The van der Waals surface area contributed by atoms with E-state index in [-0.39, 0.29) is 11.4 Å². The fraction of sp³-hybridized carbons (Fsp3) is 0.286. The molecule has 0 atom stereocenters. The van der Waals surface area contributed by atoms with Crippen molar-refractivity contribution < 1.29 is 9.53 Å². The number of rotatable bonds is 4. The van der Waals surface area contributed by atoms with E-state index < -0.39 is 0 Å². The van der Waals surface area contributed by atoms with Gasteiger partial charge in [0.05, 0.1) is 12.5 Å². The molecule has 2 aromatic carbocycles. The first kappa shape index (κ1) is 18.1. The van der Waals surface area contributed by atoms with Gasteiger partial charge < -0.3 is 4.74 Å². The largest absolute Gasteiger partial charge is 0.468 e. The van der Waals surface area contributed by atoms with Crippen molar-refractivity contribution in [3.8, 4) is 11.1 Å². The van der Waals surface area contributed by atoms with Gasteiger partial charge in [-0.05, 0) is 29.5 Å². The Morgan fingerprint density at radius 3 is 1.79 bits per heavy atom. The van der Waals surface area contributed by atoms with E-state index in [1.165, 1.54) is 23.7 Å². The van der Waals surface area contributed by atoms with Crippen LogP contribution in [0.25, 0.3) is 11.1 Å². The quantitative estimate of drug-likeness (QED) is 0.476. The first-order valence-electron chi connectivity index (χ1n) is 8.36. The van der Waals surface area contributed by atoms with Crippen molar-refractivity contribution in [2.24, 2.45) is 0 Å². The maximum atomic E-state index is 11.9. The SMILES string of the molecule is C=C.COC(=O)C1(c2ccc(-c3ccc(B(C)C)cc3)cc2)CC1. The minimum atomic E-state index is -0.380. The first-order valence-corrected chi connectivity index (χ1v) is 8.36. The second kappa shape index (κ2) is 7.52. The molecule has 0 bridgehead atoms. The number of hydrogen-bond acceptors (Lipinski definition) is 2. The predicted octanol–water partition coefficient (Wildman–Crippen LogP) is 4.32. The molecule has 0 N–H and O–H groups in total. The summed E-state index contributed by atoms with van der Waals surface area (Å²) >= 11 is 0. The Kier molecular flexibility index (Phi) is 5.66. The van der Waals surface area contributed by atoms with Crippen molar-refractivity contribution in [2.45, 2.75) is 31.9 Å². The number of ether oxygens (including phenoxy) is 1. The summed E-state index contributed by atoms with van der Waals surface area (Å²) in [4.78, 5) is 11.9. The fourth-order valence-electron chi connectivity index (χ4n) is 2.97. The summed E-state index contributed by atoms with van der Waals surface area (Å²) in [6.45, 7) is 10.9. The van der Waals surface area contributed by atoms with Crippen LogP contribution in [-0.4, -0.2) is 19.8 Å². The van der Waals surface area contributed by atoms with Crippen molar-refractivity contribution in [1.29, 1.82) is 0 Å². The second-order valence-electron chi connectivity index (χ2n) is 6.43. The zero-order chi connectivity index (χ0) is 17.7. The first-order chi connectivity index (χ1) is 11.6. The highest BCUT2D eigenvalue weighted by Gasteiger charge is 2.52. The van der Waals surface area contributed by atoms with E-state index in [0.717, 1.165) is 18.4 Å². The third-order valence-electron chi connectivity index (χ3n) is 4.67. The molecule has 0 amide bonds. The average molecular weight is 320 g/mol. The zero-order valence-corrected chi connectivity index (χ0v) is 14.8. The van der Waals surface area contributed by atoms with Gasteiger partial charge in [-0.2, -0.15) is 0 Å². The van der Waals surface area contributed by atoms with Crippen LogP contribution < -0.4 is 5.46 Å². The Morgan fingerprint density at radius 1 is 0.958 bits per heavy atom. The van der Waals surface area contributed by atoms with E-state index in [9.17, 15) is 4.79 Å². The van der Waals surface area contributed by atoms with Crippen molar-refractivity contribution in [1.82, 2.24) is 0 Å². The van der Waals surface area contributed by atoms with Gasteiger partial charge in [0.25, 0.3) is 0 Å². The van der Waals surface area contributed by atoms with Crippen molar-refractivity contribution in [2.75, 3.05) is 7.11 Å². The lowest BCUT2D eigenvalue weighted by Crippen LogP contribution is -2.22. The molecule has 2 nitrogen and oxygen atoms in total. The van der Waals surface area contributed by atoms with Gasteiger partial charge >= 0.3 is 5.97 Å². The van der Waals surface area contributed by atoms with E-state index >= 15 is 0 Å². The van der Waals surface area contributed by atoms with Crippen LogP contribution in [0.1, 0.15) is 18.4 Å². The molecule has 0 spiro atoms. The van der Waals surface area contributed by atoms with Crippen LogP contribution in [0.15, 0.2) is 61.7 Å². The zero-order valence-electron chi connectivity index (χ0n) is 14.8. The average Bonchev–Trinajstić information content (AvgIpc) is 3.45. The molecule has 3 rings (SSSR count). The monoisotopic (exact) mass is 320 g/mol. The van der Waals surface area contributed by atoms with Gasteiger partial charge in [-0.15, -0.1) is 13.2 Å². The third kappa shape index (κ3) is 3.45. The molecule has 0 radical (unpaired) electrons. The Hall–Kier alpha value is -2.29. The molecule has 24 heavy (non-hydrogen) atoms. The van der Waals surface area contributed by atoms with Crippen molar-refractivity contribution >= 4 is 18.1 Å². The molecule has 0 aliphatic heterocycles. The van der Waals surface area contributed by atoms with Gasteiger partial charge in [-0.1, -0.05) is 67.6 Å². The number of methoxy groups -OCH3 is 1. The van der Waals surface area contributed by atoms with Gasteiger partial charge in [0, 0.05) is 0 Å². The highest BCUT2D eigenvalue weighted by Crippen LogP contribution is 2.49. The Bertz CT molecular complexity index is 683. The van der Waals surface area contributed by atoms with Gasteiger partial charge in [0.1, 0.15) is 0 Å². The highest BCUT2D eigenvalue weighted by molar-refractivity contribution is 6.70. The highest BCUT2D eigenvalue weighted by atomic mass is 16.5. The number of carbonyl (C=O) groups is 1. The summed E-state index contributed by atoms with van der Waals surface area (Å²) in [5.74, 6) is -0.110. The number of benzene rings is 2. The van der Waals surface area contributed by atoms with Gasteiger partial charge in [0.2, 0.25) is 0 Å². The topological polar surface area (TPSA) is 26.3 Å². The summed E-state index contributed by atoms with van der Waals surface area (Å²) in [5.41, 5.74) is 4.43. The van der Waals surface area contributed by atoms with Gasteiger partial charge in [0.15, 0.2) is 6.71 Å². The minimum absolute atomic E-state index is 0.110. The van der Waals surface area contributed by atoms with Crippen LogP contribution in [0.2, 0.25) is 13.6 Å². The fourth-order valence-corrected chi connectivity index (χ4v) is 2.97. The minimum Gasteiger partial charge on any atom is -0.468 e. The van der Waals surface area contributed by atoms with Crippen LogP contribution in [0.4, 0.5) is 0 Å². The Labute approximate surface area is 145 Å². The van der Waals surface area contributed by atoms with E-state index in [1.54, 1.807) is 0 Å². The molecule has 2 aromatic rings. The number of esters is 1. The number of carbonyl (C=O) groups excluding carboxylic acids is 1. The van der Waals surface area contributed by atoms with Crippen LogP contribution >= 0.6 is 0 Å². The predicted molar refractivity (Wildman–Crippen MR) is 103 cm³/mol. The van der Waals surface area contributed by atoms with Crippen LogP contribution in [0.3, 0.4) is 0 Å². The molecule has 1 aliphatic carbocycles. The van der Waals surface area contributed by atoms with Crippen LogP contribution in [0, 0.1) is 0 Å². The lowest BCUT2D eigenvalue weighted by molar-refractivity contribution is -0.143. The van der Waals surface area contributed by atoms with Crippen molar-refractivity contribution in [3.05, 3.63) is 67.3 Å². The summed E-state index contributed by atoms with van der Waals surface area (Å²) in [6, 6.07) is 17.0. The number of hydrogen-bond donors (Lipinski definition) is 0. The van der Waals surface area contributed by atoms with Crippen LogP contribution in [0.5, 0.6) is 0 Å². The Balaban J connectivity index is 0.00000100. The second-order valence-corrected chi connectivity index (χ2v) is 6.43. The standard InChI is InChI=1S/C19H21BO2.C2H4/c1-20(2)17-10-6-15(7-11-17)14-4-8-16(9-5-14)19(12-13-19)18(21)22-3;1-2/h4-11H,12-13H2,1-3H3;1-2H2. The van der Waals surface area contributed by atoms with E-state index in [0.29, 0.717) is 6.71 Å². The third-order valence-corrected chi connectivity index (χ3v) is 4.67. The maximum absolute atomic E-state index is 11.9. The summed E-state index contributed by atoms with van der Waals surface area (Å²) in [6.07, 6.45) is 1.78. The molecule has 124 valence electrons. The molecule has 1 fully saturated rings.